The number of rotatable bonds is 5. The Bertz CT molecular complexity index is 479. The maximum atomic E-state index is 10.7. The van der Waals surface area contributed by atoms with Crippen LogP contribution in [-0.2, 0) is 0 Å². The molecule has 0 amide bonds. The van der Waals surface area contributed by atoms with Gasteiger partial charge >= 0.3 is 0 Å². The first-order valence-corrected chi connectivity index (χ1v) is 9.89. The Morgan fingerprint density at radius 2 is 1.87 bits per heavy atom. The highest BCUT2D eigenvalue weighted by Gasteiger charge is 2.32. The van der Waals surface area contributed by atoms with Crippen molar-refractivity contribution in [3.05, 3.63) is 21.9 Å². The van der Waals surface area contributed by atoms with Crippen molar-refractivity contribution in [1.82, 2.24) is 9.80 Å². The summed E-state index contributed by atoms with van der Waals surface area (Å²) in [6.45, 7) is 6.09. The first kappa shape index (κ1) is 17.4. The molecular formula is C18H30N2O2S. The number of aliphatic hydroxyl groups is 2. The van der Waals surface area contributed by atoms with Gasteiger partial charge in [0.05, 0.1) is 12.6 Å². The highest BCUT2D eigenvalue weighted by atomic mass is 32.1. The third kappa shape index (κ3) is 4.15. The molecule has 1 saturated carbocycles. The van der Waals surface area contributed by atoms with Gasteiger partial charge in [-0.05, 0) is 36.8 Å². The van der Waals surface area contributed by atoms with Gasteiger partial charge in [0.1, 0.15) is 6.10 Å². The Labute approximate surface area is 143 Å². The van der Waals surface area contributed by atoms with Crippen molar-refractivity contribution in [2.24, 2.45) is 0 Å². The molecule has 0 spiro atoms. The smallest absolute Gasteiger partial charge is 0.106 e. The molecule has 130 valence electrons. The van der Waals surface area contributed by atoms with Crippen molar-refractivity contribution in [2.75, 3.05) is 32.8 Å². The topological polar surface area (TPSA) is 46.9 Å². The molecule has 4 nitrogen and oxygen atoms in total. The fourth-order valence-electron chi connectivity index (χ4n) is 4.09. The van der Waals surface area contributed by atoms with Crippen LogP contribution in [0.1, 0.15) is 48.6 Å². The van der Waals surface area contributed by atoms with Gasteiger partial charge in [-0.3, -0.25) is 9.80 Å². The predicted molar refractivity (Wildman–Crippen MR) is 94.9 cm³/mol. The van der Waals surface area contributed by atoms with E-state index in [4.69, 9.17) is 0 Å². The maximum Gasteiger partial charge on any atom is 0.106 e. The standard InChI is InChI=1S/C18H30N2O2S/c1-14-11-17(23-13-14)18(22)16(12-21)20-9-7-19(8-10-20)15-5-3-2-4-6-15/h11,13,15-16,18,21-22H,2-10,12H2,1H3/t16-,18-/m0/s1. The second-order valence-electron chi connectivity index (χ2n) is 7.08. The minimum Gasteiger partial charge on any atom is -0.395 e. The third-order valence-electron chi connectivity index (χ3n) is 5.50. The van der Waals surface area contributed by atoms with E-state index in [0.29, 0.717) is 0 Å². The minimum atomic E-state index is -0.583. The molecular weight excluding hydrogens is 308 g/mol. The van der Waals surface area contributed by atoms with Crippen LogP contribution in [0.5, 0.6) is 0 Å². The van der Waals surface area contributed by atoms with Crippen LogP contribution in [0.15, 0.2) is 11.4 Å². The zero-order valence-electron chi connectivity index (χ0n) is 14.2. The lowest BCUT2D eigenvalue weighted by Crippen LogP contribution is -2.55. The number of aliphatic hydroxyl groups excluding tert-OH is 2. The molecule has 0 unspecified atom stereocenters. The highest BCUT2D eigenvalue weighted by molar-refractivity contribution is 7.10. The summed E-state index contributed by atoms with van der Waals surface area (Å²) in [5.41, 5.74) is 1.18. The zero-order chi connectivity index (χ0) is 16.2. The Balaban J connectivity index is 1.56. The van der Waals surface area contributed by atoms with Crippen LogP contribution >= 0.6 is 11.3 Å². The minimum absolute atomic E-state index is 0.0154. The molecule has 2 aliphatic rings. The van der Waals surface area contributed by atoms with Gasteiger partial charge in [-0.1, -0.05) is 19.3 Å². The summed E-state index contributed by atoms with van der Waals surface area (Å²) in [7, 11) is 0. The number of hydrogen-bond donors (Lipinski definition) is 2. The monoisotopic (exact) mass is 338 g/mol. The molecule has 0 radical (unpaired) electrons. The van der Waals surface area contributed by atoms with Crippen LogP contribution in [0.4, 0.5) is 0 Å². The molecule has 1 aromatic heterocycles. The molecule has 1 aromatic rings. The van der Waals surface area contributed by atoms with Gasteiger partial charge in [0.25, 0.3) is 0 Å². The molecule has 0 bridgehead atoms. The molecule has 1 saturated heterocycles. The van der Waals surface area contributed by atoms with Crippen LogP contribution in [-0.4, -0.2) is 64.9 Å². The fraction of sp³-hybridized carbons (Fsp3) is 0.778. The molecule has 5 heteroatoms. The first-order valence-electron chi connectivity index (χ1n) is 9.01. The van der Waals surface area contributed by atoms with Crippen LogP contribution in [0.25, 0.3) is 0 Å². The number of thiophene rings is 1. The highest BCUT2D eigenvalue weighted by Crippen LogP contribution is 2.29. The molecule has 3 rings (SSSR count). The Hall–Kier alpha value is -0.460. The summed E-state index contributed by atoms with van der Waals surface area (Å²) >= 11 is 1.59. The van der Waals surface area contributed by atoms with Crippen LogP contribution in [0, 0.1) is 6.92 Å². The molecule has 0 aromatic carbocycles. The predicted octanol–water partition coefficient (Wildman–Crippen LogP) is 2.40. The molecule has 1 aliphatic heterocycles. The van der Waals surface area contributed by atoms with Gasteiger partial charge in [-0.15, -0.1) is 11.3 Å². The van der Waals surface area contributed by atoms with E-state index < -0.39 is 6.10 Å². The second-order valence-corrected chi connectivity index (χ2v) is 8.03. The summed E-state index contributed by atoms with van der Waals surface area (Å²) in [4.78, 5) is 5.88. The van der Waals surface area contributed by atoms with Gasteiger partial charge in [0, 0.05) is 37.1 Å². The number of piperazine rings is 1. The van der Waals surface area contributed by atoms with Gasteiger partial charge < -0.3 is 10.2 Å². The average molecular weight is 339 g/mol. The number of nitrogens with zero attached hydrogens (tertiary/aromatic N) is 2. The molecule has 1 aliphatic carbocycles. The van der Waals surface area contributed by atoms with Crippen LogP contribution in [0.2, 0.25) is 0 Å². The number of aryl methyl sites for hydroxylation is 1. The quantitative estimate of drug-likeness (QED) is 0.865. The Kier molecular flexibility index (Phi) is 6.10. The molecule has 2 atom stereocenters. The van der Waals surface area contributed by atoms with Crippen molar-refractivity contribution >= 4 is 11.3 Å². The van der Waals surface area contributed by atoms with E-state index in [0.717, 1.165) is 37.1 Å². The number of hydrogen-bond acceptors (Lipinski definition) is 5. The average Bonchev–Trinajstić information content (AvgIpc) is 3.03. The second kappa shape index (κ2) is 8.08. The van der Waals surface area contributed by atoms with E-state index in [2.05, 4.69) is 15.2 Å². The zero-order valence-corrected chi connectivity index (χ0v) is 15.0. The fourth-order valence-corrected chi connectivity index (χ4v) is 5.03. The van der Waals surface area contributed by atoms with Crippen molar-refractivity contribution in [3.8, 4) is 0 Å². The van der Waals surface area contributed by atoms with Crippen molar-refractivity contribution in [3.63, 3.8) is 0 Å². The summed E-state index contributed by atoms with van der Waals surface area (Å²) in [6, 6.07) is 2.63. The van der Waals surface area contributed by atoms with Gasteiger partial charge in [-0.2, -0.15) is 0 Å². The molecule has 2 fully saturated rings. The van der Waals surface area contributed by atoms with E-state index in [-0.39, 0.29) is 12.6 Å². The van der Waals surface area contributed by atoms with Crippen LogP contribution < -0.4 is 0 Å². The van der Waals surface area contributed by atoms with Crippen LogP contribution in [0.3, 0.4) is 0 Å². The lowest BCUT2D eigenvalue weighted by molar-refractivity contribution is -0.0170. The summed E-state index contributed by atoms with van der Waals surface area (Å²) in [6.07, 6.45) is 6.26. The van der Waals surface area contributed by atoms with Crippen molar-refractivity contribution < 1.29 is 10.2 Å². The van der Waals surface area contributed by atoms with E-state index in [1.807, 2.05) is 13.0 Å². The maximum absolute atomic E-state index is 10.7. The first-order chi connectivity index (χ1) is 11.2. The van der Waals surface area contributed by atoms with Crippen molar-refractivity contribution in [1.29, 1.82) is 0 Å². The van der Waals surface area contributed by atoms with E-state index in [1.165, 1.54) is 37.7 Å². The Morgan fingerprint density at radius 1 is 1.17 bits per heavy atom. The molecule has 2 heterocycles. The van der Waals surface area contributed by atoms with E-state index in [9.17, 15) is 10.2 Å². The van der Waals surface area contributed by atoms with E-state index in [1.54, 1.807) is 11.3 Å². The van der Waals surface area contributed by atoms with Crippen molar-refractivity contribution in [2.45, 2.75) is 57.2 Å². The van der Waals surface area contributed by atoms with E-state index >= 15 is 0 Å². The van der Waals surface area contributed by atoms with Gasteiger partial charge in [0.15, 0.2) is 0 Å². The third-order valence-corrected chi connectivity index (χ3v) is 6.62. The summed E-state index contributed by atoms with van der Waals surface area (Å²) in [5, 5.41) is 22.5. The summed E-state index contributed by atoms with van der Waals surface area (Å²) < 4.78 is 0. The Morgan fingerprint density at radius 3 is 2.43 bits per heavy atom. The SMILES string of the molecule is Cc1csc([C@@H](O)[C@H](CO)N2CCN(C3CCCCC3)CC2)c1. The van der Waals surface area contributed by atoms with Gasteiger partial charge in [-0.25, -0.2) is 0 Å². The largest absolute Gasteiger partial charge is 0.395 e. The molecule has 23 heavy (non-hydrogen) atoms. The molecule has 2 N–H and O–H groups in total. The lowest BCUT2D eigenvalue weighted by Gasteiger charge is -2.43. The van der Waals surface area contributed by atoms with Gasteiger partial charge in [0.2, 0.25) is 0 Å². The normalized spacial score (nSPS) is 24.7. The summed E-state index contributed by atoms with van der Waals surface area (Å²) in [5.74, 6) is 0. The lowest BCUT2D eigenvalue weighted by atomic mass is 9.93.